The highest BCUT2D eigenvalue weighted by atomic mass is 16.7. The molecule has 7 nitrogen and oxygen atoms in total. The molecule has 0 aromatic rings. The SMILES string of the molecule is C#CCOC(=O)OCCN(C)CC(O)COC(=O)C(=C)C. The van der Waals surface area contributed by atoms with Crippen molar-refractivity contribution in [2.24, 2.45) is 0 Å². The van der Waals surface area contributed by atoms with Crippen LogP contribution < -0.4 is 0 Å². The molecule has 0 saturated heterocycles. The van der Waals surface area contributed by atoms with Gasteiger partial charge >= 0.3 is 12.1 Å². The monoisotopic (exact) mass is 299 g/mol. The lowest BCUT2D eigenvalue weighted by molar-refractivity contribution is -0.142. The van der Waals surface area contributed by atoms with Crippen LogP contribution in [-0.2, 0) is 19.0 Å². The van der Waals surface area contributed by atoms with E-state index in [9.17, 15) is 14.7 Å². The summed E-state index contributed by atoms with van der Waals surface area (Å²) in [5.74, 6) is 1.60. The fraction of sp³-hybridized carbons (Fsp3) is 0.571. The molecule has 21 heavy (non-hydrogen) atoms. The molecule has 0 heterocycles. The molecule has 0 rings (SSSR count). The lowest BCUT2D eigenvalue weighted by Gasteiger charge is -2.20. The summed E-state index contributed by atoms with van der Waals surface area (Å²) in [5, 5.41) is 9.67. The zero-order valence-electron chi connectivity index (χ0n) is 12.3. The Kier molecular flexibility index (Phi) is 9.67. The minimum absolute atomic E-state index is 0.0954. The fourth-order valence-corrected chi connectivity index (χ4v) is 1.23. The van der Waals surface area contributed by atoms with Gasteiger partial charge in [0.25, 0.3) is 0 Å². The van der Waals surface area contributed by atoms with E-state index >= 15 is 0 Å². The molecule has 0 aromatic carbocycles. The van der Waals surface area contributed by atoms with Crippen molar-refractivity contribution in [1.82, 2.24) is 4.90 Å². The molecule has 0 amide bonds. The van der Waals surface area contributed by atoms with Crippen molar-refractivity contribution in [3.8, 4) is 12.3 Å². The van der Waals surface area contributed by atoms with E-state index in [1.165, 1.54) is 6.92 Å². The van der Waals surface area contributed by atoms with Gasteiger partial charge in [0.15, 0.2) is 6.61 Å². The molecule has 1 N–H and O–H groups in total. The Balaban J connectivity index is 3.76. The zero-order chi connectivity index (χ0) is 16.3. The summed E-state index contributed by atoms with van der Waals surface area (Å²) in [6, 6.07) is 0. The summed E-state index contributed by atoms with van der Waals surface area (Å²) in [7, 11) is 1.72. The quantitative estimate of drug-likeness (QED) is 0.369. The highest BCUT2D eigenvalue weighted by Crippen LogP contribution is 1.96. The third kappa shape index (κ3) is 10.4. The molecule has 0 aromatic heterocycles. The largest absolute Gasteiger partial charge is 0.509 e. The topological polar surface area (TPSA) is 85.3 Å². The molecular formula is C14H21NO6. The molecule has 1 unspecified atom stereocenters. The number of hydrogen-bond donors (Lipinski definition) is 1. The average molecular weight is 299 g/mol. The van der Waals surface area contributed by atoms with Gasteiger partial charge in [-0.25, -0.2) is 9.59 Å². The van der Waals surface area contributed by atoms with Gasteiger partial charge in [0.05, 0.1) is 0 Å². The predicted molar refractivity (Wildman–Crippen MR) is 75.4 cm³/mol. The molecule has 0 fully saturated rings. The number of hydrogen-bond acceptors (Lipinski definition) is 7. The van der Waals surface area contributed by atoms with Gasteiger partial charge in [-0.2, -0.15) is 0 Å². The van der Waals surface area contributed by atoms with E-state index < -0.39 is 18.2 Å². The molecular weight excluding hydrogens is 278 g/mol. The number of carbonyl (C=O) groups excluding carboxylic acids is 2. The third-order valence-corrected chi connectivity index (χ3v) is 2.24. The van der Waals surface area contributed by atoms with Gasteiger partial charge in [0.1, 0.15) is 19.3 Å². The van der Waals surface area contributed by atoms with Crippen molar-refractivity contribution in [1.29, 1.82) is 0 Å². The van der Waals surface area contributed by atoms with Gasteiger partial charge in [-0.3, -0.25) is 0 Å². The fourth-order valence-electron chi connectivity index (χ4n) is 1.23. The van der Waals surface area contributed by atoms with Gasteiger partial charge in [0.2, 0.25) is 0 Å². The van der Waals surface area contributed by atoms with Crippen LogP contribution in [0.25, 0.3) is 0 Å². The Morgan fingerprint density at radius 2 is 2.05 bits per heavy atom. The van der Waals surface area contributed by atoms with Crippen molar-refractivity contribution in [3.05, 3.63) is 12.2 Å². The van der Waals surface area contributed by atoms with E-state index in [1.54, 1.807) is 11.9 Å². The van der Waals surface area contributed by atoms with Crippen LogP contribution >= 0.6 is 0 Å². The molecule has 0 radical (unpaired) electrons. The number of likely N-dealkylation sites (N-methyl/N-ethyl adjacent to an activating group) is 1. The summed E-state index contributed by atoms with van der Waals surface area (Å²) >= 11 is 0. The normalized spacial score (nSPS) is 11.4. The summed E-state index contributed by atoms with van der Waals surface area (Å²) in [5.41, 5.74) is 0.273. The van der Waals surface area contributed by atoms with Crippen LogP contribution in [0.5, 0.6) is 0 Å². The molecule has 0 saturated carbocycles. The van der Waals surface area contributed by atoms with E-state index in [4.69, 9.17) is 15.9 Å². The molecule has 0 aliphatic carbocycles. The van der Waals surface area contributed by atoms with Crippen LogP contribution in [0, 0.1) is 12.3 Å². The standard InChI is InChI=1S/C14H21NO6/c1-5-7-19-14(18)20-8-6-15(4)9-12(16)10-21-13(17)11(2)3/h1,12,16H,2,6-10H2,3-4H3. The number of rotatable bonds is 9. The first kappa shape index (κ1) is 19.0. The molecule has 0 bridgehead atoms. The summed E-state index contributed by atoms with van der Waals surface area (Å²) in [6.07, 6.45) is 3.24. The van der Waals surface area contributed by atoms with Crippen LogP contribution in [0.4, 0.5) is 4.79 Å². The van der Waals surface area contributed by atoms with Gasteiger partial charge < -0.3 is 24.2 Å². The van der Waals surface area contributed by atoms with Crippen LogP contribution in [0.1, 0.15) is 6.92 Å². The van der Waals surface area contributed by atoms with E-state index in [0.717, 1.165) is 0 Å². The van der Waals surface area contributed by atoms with Crippen molar-refractivity contribution >= 4 is 12.1 Å². The number of aliphatic hydroxyl groups excluding tert-OH is 1. The number of terminal acetylenes is 1. The van der Waals surface area contributed by atoms with Crippen LogP contribution in [-0.4, -0.2) is 68.2 Å². The van der Waals surface area contributed by atoms with Crippen LogP contribution in [0.3, 0.4) is 0 Å². The Morgan fingerprint density at radius 1 is 1.38 bits per heavy atom. The first-order valence-corrected chi connectivity index (χ1v) is 6.29. The molecule has 118 valence electrons. The number of carbonyl (C=O) groups is 2. The Bertz CT molecular complexity index is 401. The highest BCUT2D eigenvalue weighted by Gasteiger charge is 2.12. The second kappa shape index (κ2) is 10.7. The van der Waals surface area contributed by atoms with E-state index in [1.807, 2.05) is 0 Å². The summed E-state index contributed by atoms with van der Waals surface area (Å²) in [4.78, 5) is 23.8. The first-order valence-electron chi connectivity index (χ1n) is 6.29. The van der Waals surface area contributed by atoms with Crippen molar-refractivity contribution < 1.29 is 28.9 Å². The molecule has 0 spiro atoms. The lowest BCUT2D eigenvalue weighted by atomic mass is 10.3. The summed E-state index contributed by atoms with van der Waals surface area (Å²) < 4.78 is 14.1. The maximum absolute atomic E-state index is 11.1. The number of nitrogens with zero attached hydrogens (tertiary/aromatic N) is 1. The predicted octanol–water partition coefficient (Wildman–Crippen LogP) is 0.185. The van der Waals surface area contributed by atoms with Crippen molar-refractivity contribution in [2.75, 3.05) is 40.0 Å². The second-order valence-corrected chi connectivity index (χ2v) is 4.39. The Hall–Kier alpha value is -2.04. The maximum atomic E-state index is 11.1. The van der Waals surface area contributed by atoms with E-state index in [0.29, 0.717) is 6.54 Å². The van der Waals surface area contributed by atoms with Crippen molar-refractivity contribution in [2.45, 2.75) is 13.0 Å². The number of ether oxygens (including phenoxy) is 3. The maximum Gasteiger partial charge on any atom is 0.509 e. The zero-order valence-corrected chi connectivity index (χ0v) is 12.3. The van der Waals surface area contributed by atoms with E-state index in [2.05, 4.69) is 17.2 Å². The first-order chi connectivity index (χ1) is 9.86. The van der Waals surface area contributed by atoms with Gasteiger partial charge in [-0.1, -0.05) is 12.5 Å². The Morgan fingerprint density at radius 3 is 2.62 bits per heavy atom. The minimum Gasteiger partial charge on any atom is -0.460 e. The second-order valence-electron chi connectivity index (χ2n) is 4.39. The lowest BCUT2D eigenvalue weighted by Crippen LogP contribution is -2.35. The third-order valence-electron chi connectivity index (χ3n) is 2.24. The minimum atomic E-state index is -0.841. The molecule has 7 heteroatoms. The average Bonchev–Trinajstić information content (AvgIpc) is 2.42. The Labute approximate surface area is 124 Å². The number of esters is 1. The van der Waals surface area contributed by atoms with Gasteiger partial charge in [-0.15, -0.1) is 6.42 Å². The molecule has 1 atom stereocenters. The molecule has 0 aliphatic rings. The number of aliphatic hydroxyl groups is 1. The smallest absolute Gasteiger partial charge is 0.460 e. The van der Waals surface area contributed by atoms with Crippen molar-refractivity contribution in [3.63, 3.8) is 0 Å². The highest BCUT2D eigenvalue weighted by molar-refractivity contribution is 5.86. The van der Waals surface area contributed by atoms with Gasteiger partial charge in [0, 0.05) is 18.7 Å². The van der Waals surface area contributed by atoms with E-state index in [-0.39, 0.29) is 31.9 Å². The van der Waals surface area contributed by atoms with Crippen LogP contribution in [0.2, 0.25) is 0 Å². The van der Waals surface area contributed by atoms with Gasteiger partial charge in [-0.05, 0) is 14.0 Å². The van der Waals surface area contributed by atoms with Crippen LogP contribution in [0.15, 0.2) is 12.2 Å². The molecule has 0 aliphatic heterocycles. The summed E-state index contributed by atoms with van der Waals surface area (Å²) in [6.45, 7) is 5.43.